The number of hydrogen-bond donors (Lipinski definition) is 1. The molecule has 2 amide bonds. The van der Waals surface area contributed by atoms with Crippen LogP contribution in [0.5, 0.6) is 5.75 Å². The third kappa shape index (κ3) is 4.05. The summed E-state index contributed by atoms with van der Waals surface area (Å²) in [5.41, 5.74) is 3.99. The standard InChI is InChI=1S/C23H25N5O2/c1-27(2)22-24-13-19(14-25-22)26-23(29)28-15-18-11-20(30-3)10-9-17(18)12-21(28)16-7-5-4-6-8-16/h4-11,13-14,21H,12,15H2,1-3H3,(H,26,29)/t21-/m1/s1. The molecule has 7 nitrogen and oxygen atoms in total. The zero-order chi connectivity index (χ0) is 21.1. The number of nitrogens with one attached hydrogen (secondary N) is 1. The summed E-state index contributed by atoms with van der Waals surface area (Å²) in [7, 11) is 5.40. The number of aromatic nitrogens is 2. The summed E-state index contributed by atoms with van der Waals surface area (Å²) < 4.78 is 5.37. The fourth-order valence-corrected chi connectivity index (χ4v) is 3.69. The lowest BCUT2D eigenvalue weighted by Gasteiger charge is -2.37. The van der Waals surface area contributed by atoms with Crippen molar-refractivity contribution in [2.45, 2.75) is 19.0 Å². The van der Waals surface area contributed by atoms with Crippen LogP contribution in [-0.4, -0.2) is 42.1 Å². The third-order valence-electron chi connectivity index (χ3n) is 5.28. The smallest absolute Gasteiger partial charge is 0.322 e. The maximum atomic E-state index is 13.3. The van der Waals surface area contributed by atoms with Gasteiger partial charge in [0, 0.05) is 20.6 Å². The van der Waals surface area contributed by atoms with Crippen molar-refractivity contribution in [2.75, 3.05) is 31.4 Å². The van der Waals surface area contributed by atoms with E-state index < -0.39 is 0 Å². The zero-order valence-electron chi connectivity index (χ0n) is 17.4. The highest BCUT2D eigenvalue weighted by Gasteiger charge is 2.31. The average Bonchev–Trinajstić information content (AvgIpc) is 2.78. The van der Waals surface area contributed by atoms with Gasteiger partial charge in [-0.15, -0.1) is 0 Å². The average molecular weight is 403 g/mol. The van der Waals surface area contributed by atoms with E-state index in [4.69, 9.17) is 4.74 Å². The van der Waals surface area contributed by atoms with Gasteiger partial charge in [-0.3, -0.25) is 0 Å². The maximum Gasteiger partial charge on any atom is 0.322 e. The van der Waals surface area contributed by atoms with E-state index in [1.165, 1.54) is 5.56 Å². The minimum atomic E-state index is -0.182. The minimum absolute atomic E-state index is 0.0611. The molecule has 1 aliphatic rings. The van der Waals surface area contributed by atoms with Gasteiger partial charge in [0.1, 0.15) is 5.75 Å². The first kappa shape index (κ1) is 19.7. The van der Waals surface area contributed by atoms with E-state index in [-0.39, 0.29) is 12.1 Å². The van der Waals surface area contributed by atoms with Crippen molar-refractivity contribution in [3.63, 3.8) is 0 Å². The molecule has 0 unspecified atom stereocenters. The highest BCUT2D eigenvalue weighted by atomic mass is 16.5. The first-order valence-corrected chi connectivity index (χ1v) is 9.83. The molecule has 0 radical (unpaired) electrons. The summed E-state index contributed by atoms with van der Waals surface area (Å²) in [5.74, 6) is 1.38. The predicted molar refractivity (Wildman–Crippen MR) is 117 cm³/mol. The van der Waals surface area contributed by atoms with E-state index in [0.29, 0.717) is 18.2 Å². The van der Waals surface area contributed by atoms with Gasteiger partial charge in [-0.05, 0) is 35.2 Å². The van der Waals surface area contributed by atoms with Gasteiger partial charge < -0.3 is 19.9 Å². The van der Waals surface area contributed by atoms with Crippen LogP contribution in [-0.2, 0) is 13.0 Å². The van der Waals surface area contributed by atoms with Gasteiger partial charge in [-0.2, -0.15) is 0 Å². The molecule has 7 heteroatoms. The zero-order valence-corrected chi connectivity index (χ0v) is 17.4. The number of hydrogen-bond acceptors (Lipinski definition) is 5. The Balaban J connectivity index is 1.62. The molecule has 1 N–H and O–H groups in total. The lowest BCUT2D eigenvalue weighted by Crippen LogP contribution is -2.41. The van der Waals surface area contributed by atoms with Crippen molar-refractivity contribution in [3.05, 3.63) is 77.6 Å². The number of amides is 2. The molecular weight excluding hydrogens is 378 g/mol. The van der Waals surface area contributed by atoms with Crippen LogP contribution < -0.4 is 15.0 Å². The number of nitrogens with zero attached hydrogens (tertiary/aromatic N) is 4. The number of benzene rings is 2. The first-order chi connectivity index (χ1) is 14.5. The van der Waals surface area contributed by atoms with Gasteiger partial charge in [0.25, 0.3) is 0 Å². The van der Waals surface area contributed by atoms with Crippen molar-refractivity contribution in [3.8, 4) is 5.75 Å². The second kappa shape index (κ2) is 8.41. The number of anilines is 2. The van der Waals surface area contributed by atoms with Crippen molar-refractivity contribution in [1.29, 1.82) is 0 Å². The second-order valence-corrected chi connectivity index (χ2v) is 7.49. The fourth-order valence-electron chi connectivity index (χ4n) is 3.69. The number of carbonyl (C=O) groups is 1. The highest BCUT2D eigenvalue weighted by Crippen LogP contribution is 2.35. The summed E-state index contributed by atoms with van der Waals surface area (Å²) >= 11 is 0. The SMILES string of the molecule is COc1ccc2c(c1)CN(C(=O)Nc1cnc(N(C)C)nc1)[C@@H](c1ccccc1)C2. The van der Waals surface area contributed by atoms with Crippen molar-refractivity contribution >= 4 is 17.7 Å². The topological polar surface area (TPSA) is 70.6 Å². The summed E-state index contributed by atoms with van der Waals surface area (Å²) in [6.45, 7) is 0.495. The van der Waals surface area contributed by atoms with Crippen LogP contribution in [0.15, 0.2) is 60.9 Å². The molecule has 0 spiro atoms. The Hall–Kier alpha value is -3.61. The number of fused-ring (bicyclic) bond motifs is 1. The molecule has 4 rings (SSSR count). The molecule has 0 saturated carbocycles. The van der Waals surface area contributed by atoms with Crippen LogP contribution in [0.1, 0.15) is 22.7 Å². The van der Waals surface area contributed by atoms with E-state index in [1.54, 1.807) is 19.5 Å². The van der Waals surface area contributed by atoms with Gasteiger partial charge in [-0.1, -0.05) is 36.4 Å². The van der Waals surface area contributed by atoms with Crippen LogP contribution in [0.25, 0.3) is 0 Å². The first-order valence-electron chi connectivity index (χ1n) is 9.83. The molecule has 2 aromatic carbocycles. The van der Waals surface area contributed by atoms with Crippen molar-refractivity contribution in [1.82, 2.24) is 14.9 Å². The molecule has 154 valence electrons. The van der Waals surface area contributed by atoms with E-state index in [1.807, 2.05) is 54.2 Å². The monoisotopic (exact) mass is 403 g/mol. The predicted octanol–water partition coefficient (Wildman–Crippen LogP) is 3.88. The summed E-state index contributed by atoms with van der Waals surface area (Å²) in [6.07, 6.45) is 3.99. The molecule has 1 aromatic heterocycles. The Kier molecular flexibility index (Phi) is 5.52. The third-order valence-corrected chi connectivity index (χ3v) is 5.28. The Bertz CT molecular complexity index is 1020. The Morgan fingerprint density at radius 3 is 2.50 bits per heavy atom. The molecule has 0 saturated heterocycles. The Morgan fingerprint density at radius 2 is 1.83 bits per heavy atom. The van der Waals surface area contributed by atoms with Gasteiger partial charge in [-0.25, -0.2) is 14.8 Å². The number of rotatable bonds is 4. The summed E-state index contributed by atoms with van der Waals surface area (Å²) in [6, 6.07) is 15.9. The highest BCUT2D eigenvalue weighted by molar-refractivity contribution is 5.89. The van der Waals surface area contributed by atoms with E-state index >= 15 is 0 Å². The van der Waals surface area contributed by atoms with Gasteiger partial charge in [0.05, 0.1) is 31.2 Å². The van der Waals surface area contributed by atoms with Crippen LogP contribution in [0.2, 0.25) is 0 Å². The summed E-state index contributed by atoms with van der Waals surface area (Å²) in [5, 5.41) is 2.95. The summed E-state index contributed by atoms with van der Waals surface area (Å²) in [4.78, 5) is 25.5. The number of ether oxygens (including phenoxy) is 1. The molecular formula is C23H25N5O2. The molecule has 2 heterocycles. The van der Waals surface area contributed by atoms with E-state index in [0.717, 1.165) is 23.3 Å². The molecule has 0 fully saturated rings. The molecule has 0 bridgehead atoms. The van der Waals surface area contributed by atoms with Gasteiger partial charge in [0.2, 0.25) is 5.95 Å². The molecule has 3 aromatic rings. The minimum Gasteiger partial charge on any atom is -0.497 e. The Labute approximate surface area is 176 Å². The number of carbonyl (C=O) groups excluding carboxylic acids is 1. The quantitative estimate of drug-likeness (QED) is 0.716. The number of methoxy groups -OCH3 is 1. The molecule has 1 aliphatic heterocycles. The molecule has 1 atom stereocenters. The lowest BCUT2D eigenvalue weighted by molar-refractivity contribution is 0.176. The van der Waals surface area contributed by atoms with Crippen LogP contribution >= 0.6 is 0 Å². The largest absolute Gasteiger partial charge is 0.497 e. The van der Waals surface area contributed by atoms with Gasteiger partial charge >= 0.3 is 6.03 Å². The lowest BCUT2D eigenvalue weighted by atomic mass is 9.90. The van der Waals surface area contributed by atoms with Crippen molar-refractivity contribution < 1.29 is 9.53 Å². The molecule has 0 aliphatic carbocycles. The Morgan fingerprint density at radius 1 is 1.10 bits per heavy atom. The van der Waals surface area contributed by atoms with E-state index in [2.05, 4.69) is 33.5 Å². The van der Waals surface area contributed by atoms with E-state index in [9.17, 15) is 4.79 Å². The number of urea groups is 1. The van der Waals surface area contributed by atoms with Gasteiger partial charge in [0.15, 0.2) is 0 Å². The van der Waals surface area contributed by atoms with Crippen LogP contribution in [0.4, 0.5) is 16.4 Å². The second-order valence-electron chi connectivity index (χ2n) is 7.49. The molecule has 30 heavy (non-hydrogen) atoms. The van der Waals surface area contributed by atoms with Crippen molar-refractivity contribution in [2.24, 2.45) is 0 Å². The maximum absolute atomic E-state index is 13.3. The van der Waals surface area contributed by atoms with Crippen LogP contribution in [0, 0.1) is 0 Å². The van der Waals surface area contributed by atoms with Crippen LogP contribution in [0.3, 0.4) is 0 Å². The normalized spacial score (nSPS) is 15.3. The fraction of sp³-hybridized carbons (Fsp3) is 0.261.